The average molecular weight is 243 g/mol. The molecule has 0 amide bonds. The van der Waals surface area contributed by atoms with Crippen LogP contribution < -0.4 is 5.32 Å². The summed E-state index contributed by atoms with van der Waals surface area (Å²) in [5.41, 5.74) is -0.667. The van der Waals surface area contributed by atoms with Crippen LogP contribution in [0.3, 0.4) is 0 Å². The maximum Gasteiger partial charge on any atom is 0.112 e. The van der Waals surface area contributed by atoms with E-state index in [1.807, 2.05) is 14.0 Å². The van der Waals surface area contributed by atoms with Crippen molar-refractivity contribution in [2.75, 3.05) is 7.05 Å². The van der Waals surface area contributed by atoms with Crippen molar-refractivity contribution in [1.29, 1.82) is 0 Å². The minimum atomic E-state index is -0.667. The van der Waals surface area contributed by atoms with E-state index in [4.69, 9.17) is 0 Å². The van der Waals surface area contributed by atoms with Crippen molar-refractivity contribution in [2.24, 2.45) is 0 Å². The Balaban J connectivity index is 3.09. The van der Waals surface area contributed by atoms with E-state index in [2.05, 4.69) is 12.2 Å². The Kier molecular flexibility index (Phi) is 11.0. The maximum absolute atomic E-state index is 9.74. The molecule has 2 N–H and O–H groups in total. The molecule has 0 saturated heterocycles. The second kappa shape index (κ2) is 11.0. The second-order valence-electron chi connectivity index (χ2n) is 5.46. The topological polar surface area (TPSA) is 32.3 Å². The van der Waals surface area contributed by atoms with Crippen LogP contribution in [0.2, 0.25) is 0 Å². The molecule has 104 valence electrons. The molecule has 0 saturated carbocycles. The molecule has 1 unspecified atom stereocenters. The van der Waals surface area contributed by atoms with Crippen molar-refractivity contribution in [3.63, 3.8) is 0 Å². The van der Waals surface area contributed by atoms with Gasteiger partial charge in [-0.05, 0) is 26.8 Å². The molecule has 1 atom stereocenters. The predicted molar refractivity (Wildman–Crippen MR) is 76.1 cm³/mol. The third kappa shape index (κ3) is 12.2. The first-order chi connectivity index (χ1) is 8.12. The summed E-state index contributed by atoms with van der Waals surface area (Å²) in [7, 11) is 1.82. The van der Waals surface area contributed by atoms with Gasteiger partial charge in [0.05, 0.1) is 0 Å². The van der Waals surface area contributed by atoms with E-state index in [1.165, 1.54) is 57.8 Å². The molecule has 0 spiro atoms. The first kappa shape index (κ1) is 16.9. The molecule has 0 aliphatic carbocycles. The van der Waals surface area contributed by atoms with Crippen LogP contribution in [0.1, 0.15) is 84.5 Å². The Morgan fingerprint density at radius 1 is 0.824 bits per heavy atom. The summed E-state index contributed by atoms with van der Waals surface area (Å²) in [6.45, 7) is 4.11. The Morgan fingerprint density at radius 3 is 1.65 bits per heavy atom. The van der Waals surface area contributed by atoms with Crippen molar-refractivity contribution < 1.29 is 5.11 Å². The number of hydrogen-bond donors (Lipinski definition) is 2. The average Bonchev–Trinajstić information content (AvgIpc) is 2.31. The molecule has 0 aromatic rings. The maximum atomic E-state index is 9.74. The first-order valence-electron chi connectivity index (χ1n) is 7.53. The molecule has 0 aromatic carbocycles. The summed E-state index contributed by atoms with van der Waals surface area (Å²) >= 11 is 0. The van der Waals surface area contributed by atoms with Crippen molar-refractivity contribution in [1.82, 2.24) is 5.32 Å². The van der Waals surface area contributed by atoms with Crippen LogP contribution in [0, 0.1) is 0 Å². The molecular formula is C15H33NO. The molecule has 0 aromatic heterocycles. The highest BCUT2D eigenvalue weighted by Crippen LogP contribution is 2.14. The van der Waals surface area contributed by atoms with E-state index in [0.29, 0.717) is 0 Å². The van der Waals surface area contributed by atoms with Crippen molar-refractivity contribution in [3.05, 3.63) is 0 Å². The first-order valence-corrected chi connectivity index (χ1v) is 7.53. The standard InChI is InChI=1S/C15H33NO/c1-4-5-6-7-8-9-10-11-12-13-14-15(2,17)16-3/h16-17H,4-14H2,1-3H3. The van der Waals surface area contributed by atoms with Gasteiger partial charge in [-0.25, -0.2) is 0 Å². The fourth-order valence-corrected chi connectivity index (χ4v) is 2.08. The highest BCUT2D eigenvalue weighted by molar-refractivity contribution is 4.66. The van der Waals surface area contributed by atoms with Gasteiger partial charge in [0, 0.05) is 0 Å². The van der Waals surface area contributed by atoms with Crippen LogP contribution in [-0.4, -0.2) is 17.9 Å². The zero-order valence-corrected chi connectivity index (χ0v) is 12.2. The third-order valence-corrected chi connectivity index (χ3v) is 3.56. The Labute approximate surface area is 108 Å². The van der Waals surface area contributed by atoms with Crippen LogP contribution in [0.5, 0.6) is 0 Å². The van der Waals surface area contributed by atoms with E-state index in [0.717, 1.165) is 12.8 Å². The zero-order chi connectivity index (χ0) is 13.0. The Morgan fingerprint density at radius 2 is 1.24 bits per heavy atom. The van der Waals surface area contributed by atoms with E-state index in [9.17, 15) is 5.11 Å². The van der Waals surface area contributed by atoms with Crippen molar-refractivity contribution in [3.8, 4) is 0 Å². The molecule has 0 rings (SSSR count). The van der Waals surface area contributed by atoms with Gasteiger partial charge in [0.2, 0.25) is 0 Å². The highest BCUT2D eigenvalue weighted by Gasteiger charge is 2.15. The fraction of sp³-hybridized carbons (Fsp3) is 1.00. The molecule has 0 aliphatic rings. The molecule has 0 aliphatic heterocycles. The van der Waals surface area contributed by atoms with Gasteiger partial charge in [0.25, 0.3) is 0 Å². The number of hydrogen-bond acceptors (Lipinski definition) is 2. The van der Waals surface area contributed by atoms with Crippen molar-refractivity contribution in [2.45, 2.75) is 90.2 Å². The SMILES string of the molecule is CCCCCCCCCCCCC(C)(O)NC. The molecule has 0 radical (unpaired) electrons. The summed E-state index contributed by atoms with van der Waals surface area (Å²) in [4.78, 5) is 0. The second-order valence-corrected chi connectivity index (χ2v) is 5.46. The number of nitrogens with one attached hydrogen (secondary N) is 1. The fourth-order valence-electron chi connectivity index (χ4n) is 2.08. The number of rotatable bonds is 12. The lowest BCUT2D eigenvalue weighted by molar-refractivity contribution is 0.0209. The number of unbranched alkanes of at least 4 members (excludes halogenated alkanes) is 9. The third-order valence-electron chi connectivity index (χ3n) is 3.56. The summed E-state index contributed by atoms with van der Waals surface area (Å²) < 4.78 is 0. The Hall–Kier alpha value is -0.0800. The van der Waals surface area contributed by atoms with E-state index in [1.54, 1.807) is 0 Å². The van der Waals surface area contributed by atoms with Crippen LogP contribution in [-0.2, 0) is 0 Å². The summed E-state index contributed by atoms with van der Waals surface area (Å²) in [5, 5.41) is 12.7. The van der Waals surface area contributed by atoms with Crippen LogP contribution in [0.15, 0.2) is 0 Å². The summed E-state index contributed by atoms with van der Waals surface area (Å²) in [6, 6.07) is 0. The van der Waals surface area contributed by atoms with Gasteiger partial charge in [-0.15, -0.1) is 0 Å². The van der Waals surface area contributed by atoms with Gasteiger partial charge in [0.1, 0.15) is 5.72 Å². The largest absolute Gasteiger partial charge is 0.376 e. The molecule has 2 heteroatoms. The van der Waals surface area contributed by atoms with Crippen molar-refractivity contribution >= 4 is 0 Å². The Bertz CT molecular complexity index is 157. The van der Waals surface area contributed by atoms with E-state index >= 15 is 0 Å². The molecular weight excluding hydrogens is 210 g/mol. The van der Waals surface area contributed by atoms with Crippen LogP contribution in [0.4, 0.5) is 0 Å². The normalized spacial score (nSPS) is 14.8. The molecule has 0 bridgehead atoms. The smallest absolute Gasteiger partial charge is 0.112 e. The number of aliphatic hydroxyl groups is 1. The van der Waals surface area contributed by atoms with Gasteiger partial charge in [-0.2, -0.15) is 0 Å². The van der Waals surface area contributed by atoms with Crippen LogP contribution >= 0.6 is 0 Å². The lowest BCUT2D eigenvalue weighted by Gasteiger charge is -2.22. The van der Waals surface area contributed by atoms with E-state index in [-0.39, 0.29) is 0 Å². The zero-order valence-electron chi connectivity index (χ0n) is 12.2. The quantitative estimate of drug-likeness (QED) is 0.397. The summed E-state index contributed by atoms with van der Waals surface area (Å²) in [5.74, 6) is 0. The van der Waals surface area contributed by atoms with Gasteiger partial charge in [0.15, 0.2) is 0 Å². The highest BCUT2D eigenvalue weighted by atomic mass is 16.3. The molecule has 0 fully saturated rings. The van der Waals surface area contributed by atoms with Gasteiger partial charge >= 0.3 is 0 Å². The van der Waals surface area contributed by atoms with Crippen LogP contribution in [0.25, 0.3) is 0 Å². The minimum absolute atomic E-state index is 0.667. The molecule has 17 heavy (non-hydrogen) atoms. The van der Waals surface area contributed by atoms with Gasteiger partial charge in [-0.1, -0.05) is 64.7 Å². The lowest BCUT2D eigenvalue weighted by Crippen LogP contribution is -2.39. The monoisotopic (exact) mass is 243 g/mol. The summed E-state index contributed by atoms with van der Waals surface area (Å²) in [6.07, 6.45) is 14.3. The minimum Gasteiger partial charge on any atom is -0.376 e. The molecule has 0 heterocycles. The van der Waals surface area contributed by atoms with E-state index < -0.39 is 5.72 Å². The van der Waals surface area contributed by atoms with Gasteiger partial charge in [-0.3, -0.25) is 5.32 Å². The van der Waals surface area contributed by atoms with Gasteiger partial charge < -0.3 is 5.11 Å². The predicted octanol–water partition coefficient (Wildman–Crippen LogP) is 4.23. The lowest BCUT2D eigenvalue weighted by atomic mass is 10.0. The molecule has 2 nitrogen and oxygen atoms in total.